The normalized spacial score (nSPS) is 15.0. The maximum atomic E-state index is 12.6. The van der Waals surface area contributed by atoms with Crippen molar-refractivity contribution in [1.82, 2.24) is 0 Å². The Bertz CT molecular complexity index is 510. The molecule has 1 aliphatic heterocycles. The predicted molar refractivity (Wildman–Crippen MR) is 49.4 cm³/mol. The average molecular weight is 250 g/mol. The Morgan fingerprint density at radius 2 is 1.81 bits per heavy atom. The minimum atomic E-state index is -4.72. The third-order valence-electron chi connectivity index (χ3n) is 2.13. The van der Waals surface area contributed by atoms with Crippen LogP contribution in [0, 0.1) is 0 Å². The smallest absolute Gasteiger partial charge is 0.318 e. The Hall–Kier alpha value is -1.56. The van der Waals surface area contributed by atoms with E-state index in [-0.39, 0.29) is 5.56 Å². The van der Waals surface area contributed by atoms with Gasteiger partial charge in [0.15, 0.2) is 0 Å². The fraction of sp³-hybridized carbons (Fsp3) is 0.111. The second-order valence-corrected chi connectivity index (χ2v) is 3.53. The van der Waals surface area contributed by atoms with Gasteiger partial charge in [-0.2, -0.15) is 13.2 Å². The largest absolute Gasteiger partial charge is 0.419 e. The first-order chi connectivity index (χ1) is 7.32. The molecule has 1 aromatic carbocycles. The third-order valence-corrected chi connectivity index (χ3v) is 2.44. The van der Waals surface area contributed by atoms with Crippen molar-refractivity contribution in [3.05, 3.63) is 28.3 Å². The summed E-state index contributed by atoms with van der Waals surface area (Å²) >= 11 is 5.41. The maximum Gasteiger partial charge on any atom is 0.419 e. The monoisotopic (exact) mass is 249 g/mol. The van der Waals surface area contributed by atoms with Crippen molar-refractivity contribution in [2.45, 2.75) is 6.18 Å². The first-order valence-corrected chi connectivity index (χ1v) is 4.45. The van der Waals surface area contributed by atoms with Gasteiger partial charge in [0.2, 0.25) is 0 Å². The van der Waals surface area contributed by atoms with Crippen LogP contribution in [0.1, 0.15) is 15.9 Å². The summed E-state index contributed by atoms with van der Waals surface area (Å²) in [5.74, 6) is -2.07. The maximum absolute atomic E-state index is 12.6. The number of nitrogens with one attached hydrogen (secondary N) is 1. The summed E-state index contributed by atoms with van der Waals surface area (Å²) in [7, 11) is 0. The van der Waals surface area contributed by atoms with Gasteiger partial charge >= 0.3 is 6.18 Å². The first-order valence-electron chi connectivity index (χ1n) is 4.07. The molecule has 0 atom stereocenters. The zero-order valence-corrected chi connectivity index (χ0v) is 8.24. The Balaban J connectivity index is 2.73. The van der Waals surface area contributed by atoms with Crippen LogP contribution in [0.5, 0.6) is 0 Å². The van der Waals surface area contributed by atoms with E-state index in [1.54, 1.807) is 0 Å². The summed E-state index contributed by atoms with van der Waals surface area (Å²) in [6.07, 6.45) is -4.72. The number of rotatable bonds is 0. The molecule has 0 unspecified atom stereocenters. The van der Waals surface area contributed by atoms with Crippen molar-refractivity contribution in [2.24, 2.45) is 0 Å². The number of hydrogen-bond donors (Lipinski definition) is 1. The van der Waals surface area contributed by atoms with Gasteiger partial charge in [-0.15, -0.1) is 0 Å². The number of halogens is 4. The highest BCUT2D eigenvalue weighted by Gasteiger charge is 2.42. The molecule has 1 N–H and O–H groups in total. The highest BCUT2D eigenvalue weighted by molar-refractivity contribution is 6.52. The Kier molecular flexibility index (Phi) is 2.20. The van der Waals surface area contributed by atoms with E-state index in [2.05, 4.69) is 0 Å². The van der Waals surface area contributed by atoms with Crippen LogP contribution in [0.4, 0.5) is 18.9 Å². The van der Waals surface area contributed by atoms with Gasteiger partial charge in [0.05, 0.1) is 21.8 Å². The lowest BCUT2D eigenvalue weighted by Gasteiger charge is -2.12. The van der Waals surface area contributed by atoms with Gasteiger partial charge in [0, 0.05) is 0 Å². The van der Waals surface area contributed by atoms with Crippen LogP contribution in [0.15, 0.2) is 12.1 Å². The van der Waals surface area contributed by atoms with Crippen molar-refractivity contribution in [3.8, 4) is 0 Å². The number of anilines is 1. The lowest BCUT2D eigenvalue weighted by atomic mass is 10.1. The van der Waals surface area contributed by atoms with Crippen LogP contribution < -0.4 is 5.32 Å². The first kappa shape index (κ1) is 10.9. The van der Waals surface area contributed by atoms with Crippen LogP contribution in [-0.4, -0.2) is 11.7 Å². The third kappa shape index (κ3) is 1.46. The van der Waals surface area contributed by atoms with E-state index in [0.717, 1.165) is 12.1 Å². The fourth-order valence-electron chi connectivity index (χ4n) is 1.47. The highest BCUT2D eigenvalue weighted by atomic mass is 35.5. The van der Waals surface area contributed by atoms with Gasteiger partial charge in [-0.1, -0.05) is 11.6 Å². The number of carbonyl (C=O) groups is 2. The van der Waals surface area contributed by atoms with Gasteiger partial charge in [-0.25, -0.2) is 0 Å². The number of hydrogen-bond acceptors (Lipinski definition) is 2. The van der Waals surface area contributed by atoms with E-state index in [0.29, 0.717) is 0 Å². The summed E-state index contributed by atoms with van der Waals surface area (Å²) in [5, 5.41) is 1.32. The fourth-order valence-corrected chi connectivity index (χ4v) is 1.73. The minimum Gasteiger partial charge on any atom is -0.318 e. The second kappa shape index (κ2) is 3.21. The summed E-state index contributed by atoms with van der Waals surface area (Å²) in [4.78, 5) is 22.1. The van der Waals surface area contributed by atoms with E-state index >= 15 is 0 Å². The van der Waals surface area contributed by atoms with Crippen molar-refractivity contribution in [3.63, 3.8) is 0 Å². The molecule has 1 aromatic rings. The summed E-state index contributed by atoms with van der Waals surface area (Å²) in [5.41, 5.74) is -2.05. The molecule has 0 bridgehead atoms. The van der Waals surface area contributed by atoms with Crippen molar-refractivity contribution < 1.29 is 22.8 Å². The molecule has 0 spiro atoms. The molecule has 1 heterocycles. The van der Waals surface area contributed by atoms with E-state index in [9.17, 15) is 22.8 Å². The molecule has 0 radical (unpaired) electrons. The van der Waals surface area contributed by atoms with Crippen LogP contribution in [-0.2, 0) is 11.0 Å². The van der Waals surface area contributed by atoms with E-state index in [1.165, 1.54) is 0 Å². The molecule has 0 saturated heterocycles. The van der Waals surface area contributed by atoms with Gasteiger partial charge in [-0.3, -0.25) is 9.59 Å². The molecule has 1 aliphatic rings. The van der Waals surface area contributed by atoms with Gasteiger partial charge in [0.1, 0.15) is 0 Å². The lowest BCUT2D eigenvalue weighted by molar-refractivity contribution is -0.136. The molecule has 0 saturated carbocycles. The summed E-state index contributed by atoms with van der Waals surface area (Å²) < 4.78 is 37.8. The highest BCUT2D eigenvalue weighted by Crippen LogP contribution is 2.43. The number of fused-ring (bicyclic) bond motifs is 1. The van der Waals surface area contributed by atoms with Gasteiger partial charge < -0.3 is 5.32 Å². The van der Waals surface area contributed by atoms with Crippen LogP contribution in [0.25, 0.3) is 0 Å². The number of amides is 1. The molecule has 1 amide bonds. The van der Waals surface area contributed by atoms with Crippen molar-refractivity contribution >= 4 is 29.0 Å². The van der Waals surface area contributed by atoms with Crippen LogP contribution in [0.2, 0.25) is 5.02 Å². The topological polar surface area (TPSA) is 46.2 Å². The second-order valence-electron chi connectivity index (χ2n) is 3.13. The molecule has 3 nitrogen and oxygen atoms in total. The zero-order chi connectivity index (χ0) is 12.1. The molecule has 0 fully saturated rings. The molecule has 7 heteroatoms. The number of Topliss-reactive ketones (excluding diaryl/α,β-unsaturated/α-hetero) is 1. The van der Waals surface area contributed by atoms with Crippen LogP contribution >= 0.6 is 11.6 Å². The van der Waals surface area contributed by atoms with Crippen molar-refractivity contribution in [2.75, 3.05) is 5.32 Å². The summed E-state index contributed by atoms with van der Waals surface area (Å²) in [6.45, 7) is 0. The number of ketones is 1. The van der Waals surface area contributed by atoms with E-state index in [4.69, 9.17) is 11.6 Å². The number of carbonyl (C=O) groups excluding carboxylic acids is 2. The lowest BCUT2D eigenvalue weighted by Crippen LogP contribution is -2.14. The quantitative estimate of drug-likeness (QED) is 0.718. The molecule has 84 valence electrons. The van der Waals surface area contributed by atoms with E-state index < -0.39 is 34.1 Å². The SMILES string of the molecule is O=C1Nc2c(ccc(Cl)c2C(F)(F)F)C1=O. The molecule has 0 aliphatic carbocycles. The average Bonchev–Trinajstić information content (AvgIpc) is 2.40. The minimum absolute atomic E-state index is 0.304. The predicted octanol–water partition coefficient (Wildman–Crippen LogP) is 2.49. The molecule has 16 heavy (non-hydrogen) atoms. The summed E-state index contributed by atoms with van der Waals surface area (Å²) in [6, 6.07) is 2.04. The standard InChI is InChI=1S/C9H3ClF3NO2/c10-4-2-1-3-6(5(4)9(11,12)13)14-8(16)7(3)15/h1-2H,(H,14,15,16). The Morgan fingerprint density at radius 1 is 1.19 bits per heavy atom. The molecular weight excluding hydrogens is 247 g/mol. The van der Waals surface area contributed by atoms with Gasteiger partial charge in [0.25, 0.3) is 11.7 Å². The molecule has 0 aromatic heterocycles. The van der Waals surface area contributed by atoms with Crippen molar-refractivity contribution in [1.29, 1.82) is 0 Å². The number of benzene rings is 1. The Morgan fingerprint density at radius 3 is 2.38 bits per heavy atom. The zero-order valence-electron chi connectivity index (χ0n) is 7.48. The molecular formula is C9H3ClF3NO2. The van der Waals surface area contributed by atoms with E-state index in [1.807, 2.05) is 5.32 Å². The van der Waals surface area contributed by atoms with Gasteiger partial charge in [-0.05, 0) is 12.1 Å². The molecule has 2 rings (SSSR count). The Labute approximate surface area is 92.2 Å². The number of alkyl halides is 3. The van der Waals surface area contributed by atoms with Crippen LogP contribution in [0.3, 0.4) is 0 Å².